The van der Waals surface area contributed by atoms with Crippen molar-refractivity contribution in [1.82, 2.24) is 4.90 Å². The van der Waals surface area contributed by atoms with Crippen LogP contribution in [0, 0.1) is 5.41 Å². The van der Waals surface area contributed by atoms with Gasteiger partial charge in [-0.3, -0.25) is 9.69 Å². The summed E-state index contributed by atoms with van der Waals surface area (Å²) in [5.41, 5.74) is 8.17. The molecule has 0 radical (unpaired) electrons. The first-order valence-electron chi connectivity index (χ1n) is 7.70. The molecular weight excluding hydrogens is 298 g/mol. The molecule has 124 valence electrons. The molecule has 1 amide bonds. The van der Waals surface area contributed by atoms with Gasteiger partial charge in [-0.2, -0.15) is 0 Å². The summed E-state index contributed by atoms with van der Waals surface area (Å²) in [6.45, 7) is 6.97. The number of halogens is 1. The van der Waals surface area contributed by atoms with Gasteiger partial charge in [0.15, 0.2) is 0 Å². The van der Waals surface area contributed by atoms with Crippen molar-refractivity contribution in [2.45, 2.75) is 26.7 Å². The molecule has 4 nitrogen and oxygen atoms in total. The molecule has 1 heterocycles. The molecule has 0 unspecified atom stereocenters. The van der Waals surface area contributed by atoms with Gasteiger partial charge in [0.1, 0.15) is 0 Å². The quantitative estimate of drug-likeness (QED) is 0.903. The number of likely N-dealkylation sites (N-methyl/N-ethyl adjacent to an activating group) is 1. The first-order chi connectivity index (χ1) is 9.93. The maximum Gasteiger partial charge on any atom is 0.241 e. The molecule has 1 aliphatic rings. The van der Waals surface area contributed by atoms with Crippen molar-refractivity contribution in [2.75, 3.05) is 38.1 Å². The highest BCUT2D eigenvalue weighted by Gasteiger charge is 2.25. The Bertz CT molecular complexity index is 504. The Morgan fingerprint density at radius 2 is 2.05 bits per heavy atom. The van der Waals surface area contributed by atoms with Crippen molar-refractivity contribution in [2.24, 2.45) is 11.1 Å². The number of nitrogens with two attached hydrogens (primary N) is 1. The van der Waals surface area contributed by atoms with Crippen molar-refractivity contribution < 1.29 is 4.79 Å². The molecule has 0 saturated carbocycles. The summed E-state index contributed by atoms with van der Waals surface area (Å²) in [6, 6.07) is 8.22. The van der Waals surface area contributed by atoms with Crippen LogP contribution in [0.2, 0.25) is 0 Å². The lowest BCUT2D eigenvalue weighted by molar-refractivity contribution is -0.119. The molecule has 22 heavy (non-hydrogen) atoms. The molecule has 0 atom stereocenters. The number of amides is 1. The summed E-state index contributed by atoms with van der Waals surface area (Å²) >= 11 is 0. The monoisotopic (exact) mass is 325 g/mol. The fourth-order valence-electron chi connectivity index (χ4n) is 2.96. The summed E-state index contributed by atoms with van der Waals surface area (Å²) in [7, 11) is 1.99. The van der Waals surface area contributed by atoms with E-state index in [1.165, 1.54) is 5.56 Å². The van der Waals surface area contributed by atoms with E-state index in [-0.39, 0.29) is 23.7 Å². The largest absolute Gasteiger partial charge is 0.330 e. The minimum Gasteiger partial charge on any atom is -0.330 e. The van der Waals surface area contributed by atoms with Gasteiger partial charge < -0.3 is 10.6 Å². The molecule has 1 aromatic rings. The lowest BCUT2D eigenvalue weighted by Gasteiger charge is -2.33. The normalized spacial score (nSPS) is 14.5. The maximum absolute atomic E-state index is 12.6. The Morgan fingerprint density at radius 3 is 2.73 bits per heavy atom. The Balaban J connectivity index is 0.00000242. The fraction of sp³-hybridized carbons (Fsp3) is 0.588. The Kier molecular flexibility index (Phi) is 6.85. The SMILES string of the molecule is CN(CC(=O)N1CCCc2ccccc21)CC(C)(C)CN.Cl. The van der Waals surface area contributed by atoms with E-state index >= 15 is 0 Å². The van der Waals surface area contributed by atoms with Crippen molar-refractivity contribution in [1.29, 1.82) is 0 Å². The molecule has 2 N–H and O–H groups in total. The summed E-state index contributed by atoms with van der Waals surface area (Å²) in [6.07, 6.45) is 2.11. The van der Waals surface area contributed by atoms with Crippen LogP contribution in [-0.2, 0) is 11.2 Å². The van der Waals surface area contributed by atoms with Crippen LogP contribution in [0.5, 0.6) is 0 Å². The van der Waals surface area contributed by atoms with E-state index in [4.69, 9.17) is 5.73 Å². The molecule has 0 aromatic heterocycles. The molecule has 2 rings (SSSR count). The number of anilines is 1. The van der Waals surface area contributed by atoms with E-state index in [0.29, 0.717) is 13.1 Å². The van der Waals surface area contributed by atoms with Gasteiger partial charge in [-0.1, -0.05) is 32.0 Å². The van der Waals surface area contributed by atoms with E-state index in [1.807, 2.05) is 24.1 Å². The van der Waals surface area contributed by atoms with Crippen LogP contribution in [-0.4, -0.2) is 44.0 Å². The van der Waals surface area contributed by atoms with Crippen LogP contribution in [0.1, 0.15) is 25.8 Å². The molecule has 0 saturated heterocycles. The zero-order valence-electron chi connectivity index (χ0n) is 13.8. The maximum atomic E-state index is 12.6. The van der Waals surface area contributed by atoms with Crippen molar-refractivity contribution >= 4 is 24.0 Å². The number of rotatable bonds is 5. The topological polar surface area (TPSA) is 49.6 Å². The van der Waals surface area contributed by atoms with E-state index in [1.54, 1.807) is 0 Å². The molecule has 1 aromatic carbocycles. The second-order valence-electron chi connectivity index (χ2n) is 6.82. The first-order valence-corrected chi connectivity index (χ1v) is 7.70. The molecule has 0 fully saturated rings. The van der Waals surface area contributed by atoms with Gasteiger partial charge in [0.25, 0.3) is 0 Å². The molecule has 5 heteroatoms. The third-order valence-electron chi connectivity index (χ3n) is 4.07. The zero-order chi connectivity index (χ0) is 15.5. The zero-order valence-corrected chi connectivity index (χ0v) is 14.7. The number of para-hydroxylation sites is 1. The van der Waals surface area contributed by atoms with Crippen LogP contribution in [0.3, 0.4) is 0 Å². The lowest BCUT2D eigenvalue weighted by atomic mass is 9.93. The van der Waals surface area contributed by atoms with Gasteiger partial charge in [0.2, 0.25) is 5.91 Å². The first kappa shape index (κ1) is 18.9. The standard InChI is InChI=1S/C17H27N3O.ClH/c1-17(2,12-18)13-19(3)11-16(21)20-10-6-8-14-7-4-5-9-15(14)20;/h4-5,7,9H,6,8,10-13,18H2,1-3H3;1H. The summed E-state index contributed by atoms with van der Waals surface area (Å²) < 4.78 is 0. The summed E-state index contributed by atoms with van der Waals surface area (Å²) in [4.78, 5) is 16.6. The highest BCUT2D eigenvalue weighted by Crippen LogP contribution is 2.26. The van der Waals surface area contributed by atoms with E-state index in [9.17, 15) is 4.79 Å². The predicted octanol–water partition coefficient (Wildman–Crippen LogP) is 2.30. The van der Waals surface area contributed by atoms with Crippen LogP contribution in [0.4, 0.5) is 5.69 Å². The Hall–Kier alpha value is -1.10. The number of aryl methyl sites for hydroxylation is 1. The van der Waals surface area contributed by atoms with Gasteiger partial charge in [-0.15, -0.1) is 12.4 Å². The minimum atomic E-state index is 0. The fourth-order valence-corrected chi connectivity index (χ4v) is 2.96. The summed E-state index contributed by atoms with van der Waals surface area (Å²) in [5, 5.41) is 0. The average Bonchev–Trinajstić information content (AvgIpc) is 2.46. The number of nitrogens with zero attached hydrogens (tertiary/aromatic N) is 2. The predicted molar refractivity (Wildman–Crippen MR) is 94.7 cm³/mol. The highest BCUT2D eigenvalue weighted by molar-refractivity contribution is 5.95. The van der Waals surface area contributed by atoms with Crippen LogP contribution < -0.4 is 10.6 Å². The Labute approximate surface area is 140 Å². The number of carbonyl (C=O) groups excluding carboxylic acids is 1. The van der Waals surface area contributed by atoms with Gasteiger partial charge in [-0.25, -0.2) is 0 Å². The number of hydrogen-bond donors (Lipinski definition) is 1. The molecule has 0 spiro atoms. The number of carbonyl (C=O) groups is 1. The number of hydrogen-bond acceptors (Lipinski definition) is 3. The van der Waals surface area contributed by atoms with Crippen LogP contribution in [0.15, 0.2) is 24.3 Å². The van der Waals surface area contributed by atoms with E-state index in [0.717, 1.165) is 31.6 Å². The van der Waals surface area contributed by atoms with Gasteiger partial charge in [0, 0.05) is 18.8 Å². The number of fused-ring (bicyclic) bond motifs is 1. The van der Waals surface area contributed by atoms with Crippen molar-refractivity contribution in [3.8, 4) is 0 Å². The van der Waals surface area contributed by atoms with Gasteiger partial charge in [-0.05, 0) is 43.5 Å². The highest BCUT2D eigenvalue weighted by atomic mass is 35.5. The summed E-state index contributed by atoms with van der Waals surface area (Å²) in [5.74, 6) is 0.178. The lowest BCUT2D eigenvalue weighted by Crippen LogP contribution is -2.45. The smallest absolute Gasteiger partial charge is 0.241 e. The molecular formula is C17H28ClN3O. The van der Waals surface area contributed by atoms with Crippen LogP contribution >= 0.6 is 12.4 Å². The van der Waals surface area contributed by atoms with Gasteiger partial charge >= 0.3 is 0 Å². The average molecular weight is 326 g/mol. The van der Waals surface area contributed by atoms with Crippen molar-refractivity contribution in [3.05, 3.63) is 29.8 Å². The van der Waals surface area contributed by atoms with Gasteiger partial charge in [0.05, 0.1) is 6.54 Å². The number of benzene rings is 1. The van der Waals surface area contributed by atoms with E-state index in [2.05, 4.69) is 30.9 Å². The van der Waals surface area contributed by atoms with E-state index < -0.39 is 0 Å². The third-order valence-corrected chi connectivity index (χ3v) is 4.07. The van der Waals surface area contributed by atoms with Crippen molar-refractivity contribution in [3.63, 3.8) is 0 Å². The third kappa shape index (κ3) is 4.70. The van der Waals surface area contributed by atoms with Crippen LogP contribution in [0.25, 0.3) is 0 Å². The second-order valence-corrected chi connectivity index (χ2v) is 6.82. The second kappa shape index (κ2) is 7.95. The minimum absolute atomic E-state index is 0. The molecule has 0 bridgehead atoms. The Morgan fingerprint density at radius 1 is 1.36 bits per heavy atom. The molecule has 1 aliphatic heterocycles. The molecule has 0 aliphatic carbocycles.